The summed E-state index contributed by atoms with van der Waals surface area (Å²) in [5.41, 5.74) is 0. The van der Waals surface area contributed by atoms with Gasteiger partial charge in [-0.15, -0.1) is 0 Å². The number of aliphatic hydroxyl groups is 2. The molecule has 64 valence electrons. The van der Waals surface area contributed by atoms with Gasteiger partial charge in [0, 0.05) is 0 Å². The van der Waals surface area contributed by atoms with Crippen molar-refractivity contribution >= 4 is 5.91 Å². The van der Waals surface area contributed by atoms with Crippen LogP contribution in [-0.2, 0) is 4.79 Å². The Morgan fingerprint density at radius 1 is 1.45 bits per heavy atom. The van der Waals surface area contributed by atoms with E-state index in [2.05, 4.69) is 6.58 Å². The lowest BCUT2D eigenvalue weighted by atomic mass is 10.4. The second kappa shape index (κ2) is 4.10. The van der Waals surface area contributed by atoms with E-state index in [9.17, 15) is 4.79 Å². The molecule has 0 aromatic heterocycles. The molecule has 2 atom stereocenters. The Bertz CT molecular complexity index is 146. The highest BCUT2D eigenvalue weighted by molar-refractivity contribution is 5.87. The first kappa shape index (κ1) is 10.1. The quantitative estimate of drug-likeness (QED) is 0.438. The molecule has 0 saturated heterocycles. The van der Waals surface area contributed by atoms with Gasteiger partial charge in [0.05, 0.1) is 0 Å². The number of carbonyl (C=O) groups excluding carboxylic acids is 1. The molecular weight excluding hydrogens is 146 g/mol. The van der Waals surface area contributed by atoms with E-state index in [0.717, 1.165) is 11.0 Å². The zero-order valence-corrected chi connectivity index (χ0v) is 6.69. The number of aliphatic hydroxyl groups excluding tert-OH is 2. The van der Waals surface area contributed by atoms with Crippen molar-refractivity contribution in [3.63, 3.8) is 0 Å². The molecule has 0 aromatic carbocycles. The first-order chi connectivity index (χ1) is 5.00. The van der Waals surface area contributed by atoms with Crippen LogP contribution >= 0.6 is 0 Å². The van der Waals surface area contributed by atoms with E-state index in [-0.39, 0.29) is 0 Å². The Hall–Kier alpha value is -0.870. The fraction of sp³-hybridized carbons (Fsp3) is 0.571. The van der Waals surface area contributed by atoms with Gasteiger partial charge in [-0.3, -0.25) is 9.69 Å². The highest BCUT2D eigenvalue weighted by atomic mass is 16.3. The van der Waals surface area contributed by atoms with E-state index in [1.54, 1.807) is 0 Å². The zero-order chi connectivity index (χ0) is 9.02. The lowest BCUT2D eigenvalue weighted by Crippen LogP contribution is -2.43. The molecule has 0 rings (SSSR count). The monoisotopic (exact) mass is 159 g/mol. The Morgan fingerprint density at radius 2 is 1.82 bits per heavy atom. The fourth-order valence-corrected chi connectivity index (χ4v) is 0.786. The average Bonchev–Trinajstić information content (AvgIpc) is 1.85. The summed E-state index contributed by atoms with van der Waals surface area (Å²) >= 11 is 0. The third-order valence-corrected chi connectivity index (χ3v) is 1.23. The SMILES string of the molecule is C=CC(=O)N(C(C)O)C(C)O. The number of hydrogen-bond donors (Lipinski definition) is 2. The van der Waals surface area contributed by atoms with Crippen LogP contribution < -0.4 is 0 Å². The smallest absolute Gasteiger partial charge is 0.250 e. The molecule has 0 saturated carbocycles. The van der Waals surface area contributed by atoms with Crippen molar-refractivity contribution in [3.8, 4) is 0 Å². The van der Waals surface area contributed by atoms with Crippen molar-refractivity contribution < 1.29 is 15.0 Å². The zero-order valence-electron chi connectivity index (χ0n) is 6.69. The third-order valence-electron chi connectivity index (χ3n) is 1.23. The van der Waals surface area contributed by atoms with E-state index in [4.69, 9.17) is 10.2 Å². The number of amides is 1. The van der Waals surface area contributed by atoms with Crippen LogP contribution in [-0.4, -0.2) is 33.5 Å². The van der Waals surface area contributed by atoms with Gasteiger partial charge >= 0.3 is 0 Å². The summed E-state index contributed by atoms with van der Waals surface area (Å²) < 4.78 is 0. The van der Waals surface area contributed by atoms with E-state index >= 15 is 0 Å². The van der Waals surface area contributed by atoms with Gasteiger partial charge in [-0.1, -0.05) is 6.58 Å². The van der Waals surface area contributed by atoms with Crippen molar-refractivity contribution in [1.82, 2.24) is 4.90 Å². The summed E-state index contributed by atoms with van der Waals surface area (Å²) in [6.45, 7) is 6.03. The molecule has 2 N–H and O–H groups in total. The molecule has 0 heterocycles. The number of hydrogen-bond acceptors (Lipinski definition) is 3. The second-order valence-corrected chi connectivity index (χ2v) is 2.21. The summed E-state index contributed by atoms with van der Waals surface area (Å²) in [5.74, 6) is -0.491. The predicted octanol–water partition coefficient (Wildman–Crippen LogP) is -0.322. The minimum Gasteiger partial charge on any atom is -0.374 e. The van der Waals surface area contributed by atoms with Crippen LogP contribution in [0.15, 0.2) is 12.7 Å². The molecule has 0 radical (unpaired) electrons. The lowest BCUT2D eigenvalue weighted by Gasteiger charge is -2.26. The van der Waals surface area contributed by atoms with Crippen LogP contribution in [0.5, 0.6) is 0 Å². The van der Waals surface area contributed by atoms with Crippen LogP contribution in [0.4, 0.5) is 0 Å². The Balaban J connectivity index is 4.33. The number of rotatable bonds is 3. The van der Waals surface area contributed by atoms with E-state index in [1.165, 1.54) is 13.8 Å². The molecule has 0 bridgehead atoms. The van der Waals surface area contributed by atoms with Gasteiger partial charge < -0.3 is 10.2 Å². The maximum absolute atomic E-state index is 10.9. The second-order valence-electron chi connectivity index (χ2n) is 2.21. The van der Waals surface area contributed by atoms with Crippen LogP contribution in [0.2, 0.25) is 0 Å². The number of nitrogens with zero attached hydrogens (tertiary/aromatic N) is 1. The molecule has 4 heteroatoms. The predicted molar refractivity (Wildman–Crippen MR) is 40.4 cm³/mol. The van der Waals surface area contributed by atoms with Crippen LogP contribution in [0.25, 0.3) is 0 Å². The van der Waals surface area contributed by atoms with E-state index in [0.29, 0.717) is 0 Å². The largest absolute Gasteiger partial charge is 0.374 e. The molecule has 4 nitrogen and oxygen atoms in total. The molecule has 2 unspecified atom stereocenters. The summed E-state index contributed by atoms with van der Waals surface area (Å²) in [4.78, 5) is 11.8. The van der Waals surface area contributed by atoms with Crippen molar-refractivity contribution in [2.45, 2.75) is 26.3 Å². The Labute approximate surface area is 65.7 Å². The Morgan fingerprint density at radius 3 is 1.91 bits per heavy atom. The van der Waals surface area contributed by atoms with Crippen LogP contribution in [0, 0.1) is 0 Å². The summed E-state index contributed by atoms with van der Waals surface area (Å²) in [5, 5.41) is 18.0. The highest BCUT2D eigenvalue weighted by Gasteiger charge is 2.19. The van der Waals surface area contributed by atoms with Crippen molar-refractivity contribution in [1.29, 1.82) is 0 Å². The van der Waals surface area contributed by atoms with Gasteiger partial charge in [-0.05, 0) is 19.9 Å². The van der Waals surface area contributed by atoms with Crippen molar-refractivity contribution in [3.05, 3.63) is 12.7 Å². The minimum absolute atomic E-state index is 0.491. The molecule has 0 aliphatic rings. The average molecular weight is 159 g/mol. The lowest BCUT2D eigenvalue weighted by molar-refractivity contribution is -0.150. The molecule has 0 fully saturated rings. The normalized spacial score (nSPS) is 15.3. The first-order valence-electron chi connectivity index (χ1n) is 3.31. The minimum atomic E-state index is -1.000. The number of carbonyl (C=O) groups is 1. The third kappa shape index (κ3) is 2.69. The van der Waals surface area contributed by atoms with Gasteiger partial charge in [-0.2, -0.15) is 0 Å². The van der Waals surface area contributed by atoms with Gasteiger partial charge in [0.25, 0.3) is 0 Å². The molecule has 11 heavy (non-hydrogen) atoms. The molecule has 0 aliphatic heterocycles. The first-order valence-corrected chi connectivity index (χ1v) is 3.31. The topological polar surface area (TPSA) is 60.8 Å². The van der Waals surface area contributed by atoms with Crippen molar-refractivity contribution in [2.24, 2.45) is 0 Å². The van der Waals surface area contributed by atoms with Gasteiger partial charge in [0.2, 0.25) is 5.91 Å². The Kier molecular flexibility index (Phi) is 3.78. The fourth-order valence-electron chi connectivity index (χ4n) is 0.786. The maximum atomic E-state index is 10.9. The van der Waals surface area contributed by atoms with Crippen LogP contribution in [0.3, 0.4) is 0 Å². The van der Waals surface area contributed by atoms with E-state index in [1.807, 2.05) is 0 Å². The highest BCUT2D eigenvalue weighted by Crippen LogP contribution is 2.01. The van der Waals surface area contributed by atoms with Crippen molar-refractivity contribution in [2.75, 3.05) is 0 Å². The summed E-state index contributed by atoms with van der Waals surface area (Å²) in [6, 6.07) is 0. The standard InChI is InChI=1S/C7H13NO3/c1-4-7(11)8(5(2)9)6(3)10/h4-6,9-10H,1H2,2-3H3. The molecule has 0 aromatic rings. The van der Waals surface area contributed by atoms with E-state index < -0.39 is 18.4 Å². The van der Waals surface area contributed by atoms with Gasteiger partial charge in [0.15, 0.2) is 0 Å². The molecular formula is C7H13NO3. The van der Waals surface area contributed by atoms with Gasteiger partial charge in [0.1, 0.15) is 12.5 Å². The van der Waals surface area contributed by atoms with Crippen LogP contribution in [0.1, 0.15) is 13.8 Å². The molecule has 0 aliphatic carbocycles. The maximum Gasteiger partial charge on any atom is 0.250 e. The summed E-state index contributed by atoms with van der Waals surface area (Å²) in [6.07, 6.45) is -0.958. The summed E-state index contributed by atoms with van der Waals surface area (Å²) in [7, 11) is 0. The molecule has 0 spiro atoms. The molecule has 1 amide bonds. The van der Waals surface area contributed by atoms with Gasteiger partial charge in [-0.25, -0.2) is 0 Å².